The molecule has 16 heteroatoms. The molecule has 0 radical (unpaired) electrons. The highest BCUT2D eigenvalue weighted by Gasteiger charge is 2.31. The number of aromatic nitrogens is 1. The van der Waals surface area contributed by atoms with Crippen molar-refractivity contribution in [3.05, 3.63) is 16.1 Å². The van der Waals surface area contributed by atoms with Gasteiger partial charge in [-0.1, -0.05) is 12.2 Å². The Kier molecular flexibility index (Phi) is 16.8. The standard InChI is InChI=1S/C18H28N2O6S.C13H24N2O4S/c1-8-24-14(21)12-10-27-13(19-12)9-11(15(22)25-17(2,3)4)20-16(23)26-18(5,6)7;1-12(2,3)18-10(16)8(7-9(14)20)15-11(17)19-13(4,5)6/h10-11H,8-9H2,1-7H3,(H,20,23);8H,7H2,1-6H3,(H2,14,20)(H,15,17)/t11-;8-/m00/s1. The van der Waals surface area contributed by atoms with Crippen molar-refractivity contribution < 1.29 is 47.7 Å². The molecule has 0 fully saturated rings. The van der Waals surface area contributed by atoms with E-state index in [-0.39, 0.29) is 30.1 Å². The Hall–Kier alpha value is -3.53. The van der Waals surface area contributed by atoms with E-state index in [1.54, 1.807) is 95.4 Å². The van der Waals surface area contributed by atoms with Crippen LogP contribution in [-0.2, 0) is 39.7 Å². The number of carbonyl (C=O) groups excluding carboxylic acids is 5. The van der Waals surface area contributed by atoms with Gasteiger partial charge in [-0.25, -0.2) is 29.0 Å². The van der Waals surface area contributed by atoms with Crippen LogP contribution in [0.5, 0.6) is 0 Å². The first-order valence-corrected chi connectivity index (χ1v) is 16.2. The molecule has 0 aliphatic heterocycles. The molecule has 2 atom stereocenters. The van der Waals surface area contributed by atoms with E-state index in [9.17, 15) is 24.0 Å². The van der Waals surface area contributed by atoms with E-state index in [1.165, 1.54) is 11.3 Å². The largest absolute Gasteiger partial charge is 0.461 e. The second-order valence-electron chi connectivity index (χ2n) is 14.2. The molecule has 0 aliphatic rings. The molecule has 47 heavy (non-hydrogen) atoms. The topological polar surface area (TPSA) is 194 Å². The summed E-state index contributed by atoms with van der Waals surface area (Å²) in [6.07, 6.45) is -1.37. The van der Waals surface area contributed by atoms with Crippen LogP contribution in [0.3, 0.4) is 0 Å². The Labute approximate surface area is 287 Å². The summed E-state index contributed by atoms with van der Waals surface area (Å²) < 4.78 is 25.8. The van der Waals surface area contributed by atoms with Gasteiger partial charge < -0.3 is 40.1 Å². The fourth-order valence-electron chi connectivity index (χ4n) is 3.11. The predicted octanol–water partition coefficient (Wildman–Crippen LogP) is 4.99. The number of hydrogen-bond acceptors (Lipinski definition) is 13. The van der Waals surface area contributed by atoms with Crippen LogP contribution < -0.4 is 16.4 Å². The molecule has 0 spiro atoms. The van der Waals surface area contributed by atoms with Gasteiger partial charge in [0.1, 0.15) is 34.5 Å². The van der Waals surface area contributed by atoms with Gasteiger partial charge in [0.05, 0.1) is 16.6 Å². The van der Waals surface area contributed by atoms with Gasteiger partial charge in [0, 0.05) is 18.2 Å². The Balaban J connectivity index is 0.000000945. The zero-order chi connectivity index (χ0) is 37.0. The summed E-state index contributed by atoms with van der Waals surface area (Å²) in [6, 6.07) is -1.96. The molecule has 0 aromatic carbocycles. The van der Waals surface area contributed by atoms with Crippen molar-refractivity contribution in [2.24, 2.45) is 5.73 Å². The first-order valence-electron chi connectivity index (χ1n) is 15.0. The summed E-state index contributed by atoms with van der Waals surface area (Å²) in [5.74, 6) is -1.74. The van der Waals surface area contributed by atoms with Gasteiger partial charge >= 0.3 is 30.1 Å². The normalized spacial score (nSPS) is 13.0. The number of ether oxygens (including phenoxy) is 5. The fourth-order valence-corrected chi connectivity index (χ4v) is 4.09. The average Bonchev–Trinajstić information content (AvgIpc) is 3.28. The minimum Gasteiger partial charge on any atom is -0.461 e. The van der Waals surface area contributed by atoms with Gasteiger partial charge in [-0.05, 0) is 90.0 Å². The second kappa shape index (κ2) is 18.1. The molecule has 14 nitrogen and oxygen atoms in total. The number of hydrogen-bond donors (Lipinski definition) is 3. The summed E-state index contributed by atoms with van der Waals surface area (Å²) >= 11 is 5.97. The molecule has 1 rings (SSSR count). The molecule has 2 amide bonds. The highest BCUT2D eigenvalue weighted by atomic mass is 32.1. The van der Waals surface area contributed by atoms with E-state index in [1.807, 2.05) is 0 Å². The monoisotopic (exact) mass is 704 g/mol. The predicted molar refractivity (Wildman–Crippen MR) is 181 cm³/mol. The number of esters is 3. The van der Waals surface area contributed by atoms with Gasteiger partial charge in [-0.15, -0.1) is 11.3 Å². The summed E-state index contributed by atoms with van der Waals surface area (Å²) in [6.45, 7) is 22.7. The van der Waals surface area contributed by atoms with Gasteiger partial charge in [-0.2, -0.15) is 0 Å². The average molecular weight is 705 g/mol. The number of nitrogens with one attached hydrogen (secondary N) is 2. The molecule has 0 saturated carbocycles. The molecule has 0 saturated heterocycles. The fraction of sp³-hybridized carbons (Fsp3) is 0.710. The van der Waals surface area contributed by atoms with Crippen molar-refractivity contribution in [1.29, 1.82) is 0 Å². The molecule has 1 heterocycles. The van der Waals surface area contributed by atoms with Crippen LogP contribution >= 0.6 is 23.6 Å². The van der Waals surface area contributed by atoms with Gasteiger partial charge in [0.15, 0.2) is 5.69 Å². The van der Waals surface area contributed by atoms with Crippen molar-refractivity contribution >= 4 is 58.6 Å². The van der Waals surface area contributed by atoms with Crippen LogP contribution in [0.2, 0.25) is 0 Å². The second-order valence-corrected chi connectivity index (χ2v) is 15.7. The van der Waals surface area contributed by atoms with Crippen molar-refractivity contribution in [1.82, 2.24) is 15.6 Å². The lowest BCUT2D eigenvalue weighted by Crippen LogP contribution is -2.47. The van der Waals surface area contributed by atoms with Crippen LogP contribution in [0, 0.1) is 0 Å². The molecule has 0 bridgehead atoms. The smallest absolute Gasteiger partial charge is 0.408 e. The Bertz CT molecular complexity index is 1240. The first kappa shape index (κ1) is 43.5. The number of carbonyl (C=O) groups is 5. The number of thiocarbonyl (C=S) groups is 1. The maximum atomic E-state index is 12.5. The number of rotatable bonds is 10. The SMILES string of the molecule is CC(C)(C)OC(=O)N[C@@H](CC(N)=S)C(=O)OC(C)(C)C.CCOC(=O)c1csc(C[C@H](NC(=O)OC(C)(C)C)C(=O)OC(C)(C)C)n1. The molecule has 1 aromatic rings. The first-order chi connectivity index (χ1) is 21.1. The van der Waals surface area contributed by atoms with Gasteiger partial charge in [0.25, 0.3) is 0 Å². The summed E-state index contributed by atoms with van der Waals surface area (Å²) in [5, 5.41) is 6.99. The third kappa shape index (κ3) is 21.8. The van der Waals surface area contributed by atoms with E-state index < -0.39 is 64.6 Å². The lowest BCUT2D eigenvalue weighted by molar-refractivity contribution is -0.158. The number of nitrogens with zero attached hydrogens (tertiary/aromatic N) is 1. The lowest BCUT2D eigenvalue weighted by atomic mass is 10.1. The lowest BCUT2D eigenvalue weighted by Gasteiger charge is -2.26. The van der Waals surface area contributed by atoms with Crippen molar-refractivity contribution in [3.8, 4) is 0 Å². The van der Waals surface area contributed by atoms with E-state index in [0.717, 1.165) is 0 Å². The number of nitrogens with two attached hydrogens (primary N) is 1. The van der Waals surface area contributed by atoms with E-state index in [2.05, 4.69) is 15.6 Å². The molecule has 1 aromatic heterocycles. The van der Waals surface area contributed by atoms with Gasteiger partial charge in [-0.3, -0.25) is 0 Å². The number of amides is 2. The van der Waals surface area contributed by atoms with Crippen LogP contribution in [0.25, 0.3) is 0 Å². The summed E-state index contributed by atoms with van der Waals surface area (Å²) in [5.41, 5.74) is 2.84. The molecular weight excluding hydrogens is 652 g/mol. The number of alkyl carbamates (subject to hydrolysis) is 2. The molecule has 0 unspecified atom stereocenters. The zero-order valence-electron chi connectivity index (χ0n) is 29.8. The third-order valence-electron chi connectivity index (χ3n) is 4.58. The van der Waals surface area contributed by atoms with Crippen molar-refractivity contribution in [2.75, 3.05) is 6.61 Å². The minimum absolute atomic E-state index is 0.0174. The maximum absolute atomic E-state index is 12.5. The van der Waals surface area contributed by atoms with Crippen molar-refractivity contribution in [3.63, 3.8) is 0 Å². The van der Waals surface area contributed by atoms with E-state index in [0.29, 0.717) is 5.01 Å². The van der Waals surface area contributed by atoms with Crippen LogP contribution in [0.4, 0.5) is 9.59 Å². The van der Waals surface area contributed by atoms with E-state index >= 15 is 0 Å². The molecule has 4 N–H and O–H groups in total. The van der Waals surface area contributed by atoms with E-state index in [4.69, 9.17) is 41.6 Å². The van der Waals surface area contributed by atoms with Gasteiger partial charge in [0.2, 0.25) is 0 Å². The Morgan fingerprint density at radius 2 is 1.17 bits per heavy atom. The number of thiazole rings is 1. The maximum Gasteiger partial charge on any atom is 0.408 e. The molecular formula is C31H52N4O10S2. The molecule has 268 valence electrons. The minimum atomic E-state index is -1.000. The Morgan fingerprint density at radius 3 is 1.55 bits per heavy atom. The van der Waals surface area contributed by atoms with Crippen molar-refractivity contribution in [2.45, 2.75) is 137 Å². The van der Waals surface area contributed by atoms with Crippen LogP contribution in [0.1, 0.15) is 112 Å². The van der Waals surface area contributed by atoms with Crippen LogP contribution in [0.15, 0.2) is 5.38 Å². The quantitative estimate of drug-likeness (QED) is 0.168. The third-order valence-corrected chi connectivity index (χ3v) is 5.62. The zero-order valence-corrected chi connectivity index (χ0v) is 31.4. The van der Waals surface area contributed by atoms with Crippen LogP contribution in [-0.4, -0.2) is 81.2 Å². The summed E-state index contributed by atoms with van der Waals surface area (Å²) in [7, 11) is 0. The Morgan fingerprint density at radius 1 is 0.766 bits per heavy atom. The highest BCUT2D eigenvalue weighted by molar-refractivity contribution is 7.80. The highest BCUT2D eigenvalue weighted by Crippen LogP contribution is 2.17. The molecule has 0 aliphatic carbocycles. The summed E-state index contributed by atoms with van der Waals surface area (Å²) in [4.78, 5) is 64.3.